The van der Waals surface area contributed by atoms with Crippen LogP contribution in [0.3, 0.4) is 0 Å². The number of benzene rings is 1. The first-order valence-electron chi connectivity index (χ1n) is 4.82. The standard InChI is InChI=1S/C11H14O2Si/c1-14(2,11-10(8-12)13-11)9-6-4-3-5-7-9/h3-8,10-11H,1-2H3/t10-,11+/m0/s1. The molecule has 0 aliphatic carbocycles. The zero-order valence-electron chi connectivity index (χ0n) is 8.44. The molecule has 3 heteroatoms. The Morgan fingerprint density at radius 1 is 1.29 bits per heavy atom. The van der Waals surface area contributed by atoms with Gasteiger partial charge in [0, 0.05) is 0 Å². The van der Waals surface area contributed by atoms with Gasteiger partial charge >= 0.3 is 0 Å². The summed E-state index contributed by atoms with van der Waals surface area (Å²) in [5.41, 5.74) is 0.183. The van der Waals surface area contributed by atoms with Gasteiger partial charge in [-0.1, -0.05) is 48.6 Å². The lowest BCUT2D eigenvalue weighted by Gasteiger charge is -2.19. The maximum absolute atomic E-state index is 10.6. The van der Waals surface area contributed by atoms with Gasteiger partial charge in [0.05, 0.1) is 5.73 Å². The lowest BCUT2D eigenvalue weighted by molar-refractivity contribution is -0.108. The van der Waals surface area contributed by atoms with E-state index in [-0.39, 0.29) is 11.8 Å². The lowest BCUT2D eigenvalue weighted by Crippen LogP contribution is -2.48. The highest BCUT2D eigenvalue weighted by molar-refractivity contribution is 6.91. The summed E-state index contributed by atoms with van der Waals surface area (Å²) in [5, 5.41) is 1.36. The van der Waals surface area contributed by atoms with Crippen LogP contribution in [0.1, 0.15) is 0 Å². The molecule has 1 aliphatic rings. The SMILES string of the molecule is C[Si](C)(c1ccccc1)[C@H]1O[C@H]1C=O. The van der Waals surface area contributed by atoms with Crippen LogP contribution in [0.15, 0.2) is 30.3 Å². The van der Waals surface area contributed by atoms with Crippen molar-refractivity contribution in [2.75, 3.05) is 0 Å². The normalized spacial score (nSPS) is 25.9. The van der Waals surface area contributed by atoms with Crippen molar-refractivity contribution >= 4 is 19.5 Å². The molecule has 2 nitrogen and oxygen atoms in total. The van der Waals surface area contributed by atoms with E-state index in [1.807, 2.05) is 18.2 Å². The zero-order chi connectivity index (χ0) is 10.2. The molecule has 1 aliphatic heterocycles. The molecule has 1 saturated heterocycles. The van der Waals surface area contributed by atoms with Crippen molar-refractivity contribution in [3.63, 3.8) is 0 Å². The molecule has 2 atom stereocenters. The Morgan fingerprint density at radius 3 is 2.43 bits per heavy atom. The number of hydrogen-bond acceptors (Lipinski definition) is 2. The van der Waals surface area contributed by atoms with Crippen molar-refractivity contribution < 1.29 is 9.53 Å². The second kappa shape index (κ2) is 3.33. The van der Waals surface area contributed by atoms with Gasteiger partial charge in [-0.3, -0.25) is 0 Å². The maximum Gasteiger partial charge on any atom is 0.151 e. The molecule has 1 heterocycles. The fourth-order valence-electron chi connectivity index (χ4n) is 1.84. The molecular weight excluding hydrogens is 192 g/mol. The van der Waals surface area contributed by atoms with Crippen LogP contribution < -0.4 is 5.19 Å². The van der Waals surface area contributed by atoms with Crippen LogP contribution in [0.2, 0.25) is 13.1 Å². The Labute approximate surface area is 84.9 Å². The van der Waals surface area contributed by atoms with Gasteiger partial charge < -0.3 is 9.53 Å². The number of hydrogen-bond donors (Lipinski definition) is 0. The molecular formula is C11H14O2Si. The van der Waals surface area contributed by atoms with Gasteiger partial charge in [-0.15, -0.1) is 0 Å². The molecule has 74 valence electrons. The van der Waals surface area contributed by atoms with E-state index in [9.17, 15) is 4.79 Å². The number of carbonyl (C=O) groups excluding carboxylic acids is 1. The predicted molar refractivity (Wildman–Crippen MR) is 58.3 cm³/mol. The number of rotatable bonds is 3. The third-order valence-corrected chi connectivity index (χ3v) is 6.60. The minimum atomic E-state index is -1.58. The Kier molecular flexibility index (Phi) is 2.29. The van der Waals surface area contributed by atoms with E-state index in [1.54, 1.807) is 0 Å². The second-order valence-corrected chi connectivity index (χ2v) is 8.83. The number of ether oxygens (including phenoxy) is 1. The predicted octanol–water partition coefficient (Wildman–Crippen LogP) is 1.11. The Bertz CT molecular complexity index is 334. The summed E-state index contributed by atoms with van der Waals surface area (Å²) in [6, 6.07) is 10.4. The molecule has 1 aromatic rings. The van der Waals surface area contributed by atoms with Gasteiger partial charge in [-0.25, -0.2) is 0 Å². The van der Waals surface area contributed by atoms with Crippen molar-refractivity contribution in [1.82, 2.24) is 0 Å². The van der Waals surface area contributed by atoms with Crippen molar-refractivity contribution in [2.24, 2.45) is 0 Å². The van der Waals surface area contributed by atoms with Gasteiger partial charge in [0.25, 0.3) is 0 Å². The summed E-state index contributed by atoms with van der Waals surface area (Å²) in [6.45, 7) is 4.49. The highest BCUT2D eigenvalue weighted by Crippen LogP contribution is 2.29. The van der Waals surface area contributed by atoms with Crippen LogP contribution in [0, 0.1) is 0 Å². The highest BCUT2D eigenvalue weighted by Gasteiger charge is 2.51. The summed E-state index contributed by atoms with van der Waals surface area (Å²) < 4.78 is 5.38. The molecule has 0 aromatic heterocycles. The Hall–Kier alpha value is -0.933. The van der Waals surface area contributed by atoms with E-state index in [0.29, 0.717) is 0 Å². The van der Waals surface area contributed by atoms with E-state index in [0.717, 1.165) is 6.29 Å². The highest BCUT2D eigenvalue weighted by atomic mass is 28.3. The molecule has 0 amide bonds. The fourth-order valence-corrected chi connectivity index (χ4v) is 4.62. The second-order valence-electron chi connectivity index (χ2n) is 4.25. The third-order valence-electron chi connectivity index (χ3n) is 2.89. The average molecular weight is 206 g/mol. The summed E-state index contributed by atoms with van der Waals surface area (Å²) in [6.07, 6.45) is 0.777. The van der Waals surface area contributed by atoms with E-state index in [2.05, 4.69) is 25.2 Å². The minimum Gasteiger partial charge on any atom is -0.365 e. The van der Waals surface area contributed by atoms with E-state index < -0.39 is 8.07 Å². The third kappa shape index (κ3) is 1.53. The largest absolute Gasteiger partial charge is 0.365 e. The summed E-state index contributed by atoms with van der Waals surface area (Å²) >= 11 is 0. The molecule has 0 radical (unpaired) electrons. The molecule has 0 bridgehead atoms. The minimum absolute atomic E-state index is 0.142. The zero-order valence-corrected chi connectivity index (χ0v) is 9.44. The van der Waals surface area contributed by atoms with Crippen molar-refractivity contribution in [3.05, 3.63) is 30.3 Å². The van der Waals surface area contributed by atoms with Crippen molar-refractivity contribution in [2.45, 2.75) is 24.9 Å². The van der Waals surface area contributed by atoms with Gasteiger partial charge in [-0.05, 0) is 0 Å². The van der Waals surface area contributed by atoms with Gasteiger partial charge in [-0.2, -0.15) is 0 Å². The van der Waals surface area contributed by atoms with Crippen LogP contribution in [-0.2, 0) is 9.53 Å². The van der Waals surface area contributed by atoms with Crippen LogP contribution in [0.5, 0.6) is 0 Å². The Balaban J connectivity index is 2.21. The number of epoxide rings is 1. The first kappa shape index (κ1) is 9.62. The van der Waals surface area contributed by atoms with Gasteiger partial charge in [0.1, 0.15) is 14.2 Å². The molecule has 0 saturated carbocycles. The number of carbonyl (C=O) groups is 1. The molecule has 0 unspecified atom stereocenters. The average Bonchev–Trinajstić information content (AvgIpc) is 2.98. The maximum atomic E-state index is 10.6. The van der Waals surface area contributed by atoms with E-state index in [1.165, 1.54) is 5.19 Å². The molecule has 2 rings (SSSR count). The van der Waals surface area contributed by atoms with Crippen LogP contribution in [-0.4, -0.2) is 26.2 Å². The smallest absolute Gasteiger partial charge is 0.151 e. The van der Waals surface area contributed by atoms with Gasteiger partial charge in [0.2, 0.25) is 0 Å². The first-order chi connectivity index (χ1) is 6.66. The molecule has 0 N–H and O–H groups in total. The van der Waals surface area contributed by atoms with Crippen LogP contribution in [0.25, 0.3) is 0 Å². The Morgan fingerprint density at radius 2 is 1.93 bits per heavy atom. The lowest BCUT2D eigenvalue weighted by atomic mass is 10.4. The monoisotopic (exact) mass is 206 g/mol. The first-order valence-corrected chi connectivity index (χ1v) is 7.90. The molecule has 1 fully saturated rings. The summed E-state index contributed by atoms with van der Waals surface area (Å²) in [5.74, 6) is 0. The topological polar surface area (TPSA) is 29.6 Å². The van der Waals surface area contributed by atoms with Crippen LogP contribution in [0.4, 0.5) is 0 Å². The van der Waals surface area contributed by atoms with E-state index in [4.69, 9.17) is 4.74 Å². The summed E-state index contributed by atoms with van der Waals surface area (Å²) in [4.78, 5) is 10.6. The fraction of sp³-hybridized carbons (Fsp3) is 0.364. The van der Waals surface area contributed by atoms with E-state index >= 15 is 0 Å². The molecule has 14 heavy (non-hydrogen) atoms. The van der Waals surface area contributed by atoms with Crippen LogP contribution >= 0.6 is 0 Å². The molecule has 0 spiro atoms. The number of aldehydes is 1. The van der Waals surface area contributed by atoms with Crippen molar-refractivity contribution in [1.29, 1.82) is 0 Å². The quantitative estimate of drug-likeness (QED) is 0.421. The van der Waals surface area contributed by atoms with Gasteiger partial charge in [0.15, 0.2) is 6.29 Å². The van der Waals surface area contributed by atoms with Crippen molar-refractivity contribution in [3.8, 4) is 0 Å². The molecule has 1 aromatic carbocycles. The summed E-state index contributed by atoms with van der Waals surface area (Å²) in [7, 11) is -1.58.